The number of benzene rings is 1. The minimum absolute atomic E-state index is 0.0796. The Bertz CT molecular complexity index is 642. The second kappa shape index (κ2) is 5.18. The van der Waals surface area contributed by atoms with Crippen LogP contribution in [0.4, 0.5) is 10.1 Å². The third kappa shape index (κ3) is 4.22. The summed E-state index contributed by atoms with van der Waals surface area (Å²) in [6, 6.07) is 3.06. The van der Waals surface area contributed by atoms with E-state index in [4.69, 9.17) is 10.9 Å². The van der Waals surface area contributed by atoms with Crippen molar-refractivity contribution >= 4 is 25.7 Å². The average Bonchev–Trinajstić information content (AvgIpc) is 2.13. The molecule has 0 fully saturated rings. The predicted molar refractivity (Wildman–Crippen MR) is 64.0 cm³/mol. The lowest BCUT2D eigenvalue weighted by atomic mass is 10.3. The van der Waals surface area contributed by atoms with Crippen LogP contribution in [0.15, 0.2) is 23.1 Å². The van der Waals surface area contributed by atoms with Crippen molar-refractivity contribution in [3.8, 4) is 0 Å². The van der Waals surface area contributed by atoms with Gasteiger partial charge in [0.1, 0.15) is 10.7 Å². The Morgan fingerprint density at radius 3 is 2.33 bits per heavy atom. The number of halogens is 1. The Morgan fingerprint density at radius 1 is 1.22 bits per heavy atom. The summed E-state index contributed by atoms with van der Waals surface area (Å²) in [7, 11) is -7.92. The highest BCUT2D eigenvalue weighted by Crippen LogP contribution is 2.16. The van der Waals surface area contributed by atoms with Crippen LogP contribution in [0.1, 0.15) is 0 Å². The number of anilines is 1. The summed E-state index contributed by atoms with van der Waals surface area (Å²) in [5.41, 5.74) is 5.36. The molecule has 0 radical (unpaired) electrons. The SMILES string of the molecule is Nc1ccc(S(=O)(=O)NCCS(N)(=O)=O)c(F)c1. The van der Waals surface area contributed by atoms with Gasteiger partial charge in [0.25, 0.3) is 0 Å². The lowest BCUT2D eigenvalue weighted by molar-refractivity contribution is 0.558. The van der Waals surface area contributed by atoms with Crippen LogP contribution in [0.3, 0.4) is 0 Å². The number of hydrogen-bond acceptors (Lipinski definition) is 5. The zero-order valence-corrected chi connectivity index (χ0v) is 10.8. The van der Waals surface area contributed by atoms with Gasteiger partial charge in [0, 0.05) is 12.2 Å². The van der Waals surface area contributed by atoms with E-state index in [0.717, 1.165) is 12.1 Å². The van der Waals surface area contributed by atoms with Crippen LogP contribution in [0.2, 0.25) is 0 Å². The molecule has 5 N–H and O–H groups in total. The first-order valence-corrected chi connectivity index (χ1v) is 7.87. The van der Waals surface area contributed by atoms with Crippen molar-refractivity contribution in [1.29, 1.82) is 0 Å². The molecule has 0 aliphatic heterocycles. The molecule has 1 aromatic rings. The molecule has 0 spiro atoms. The van der Waals surface area contributed by atoms with Crippen molar-refractivity contribution in [2.24, 2.45) is 5.14 Å². The van der Waals surface area contributed by atoms with Crippen LogP contribution in [0, 0.1) is 5.82 Å². The molecule has 102 valence electrons. The molecule has 1 rings (SSSR count). The van der Waals surface area contributed by atoms with Gasteiger partial charge in [-0.3, -0.25) is 0 Å². The lowest BCUT2D eigenvalue weighted by Crippen LogP contribution is -2.32. The second-order valence-corrected chi connectivity index (χ2v) is 6.92. The molecule has 0 aliphatic rings. The van der Waals surface area contributed by atoms with E-state index in [1.807, 2.05) is 4.72 Å². The predicted octanol–water partition coefficient (Wildman–Crippen LogP) is -1.03. The third-order valence-electron chi connectivity index (χ3n) is 1.92. The first-order valence-electron chi connectivity index (χ1n) is 4.67. The van der Waals surface area contributed by atoms with E-state index in [0.29, 0.717) is 0 Å². The Balaban J connectivity index is 2.87. The lowest BCUT2D eigenvalue weighted by Gasteiger charge is -2.07. The fraction of sp³-hybridized carbons (Fsp3) is 0.250. The fourth-order valence-electron chi connectivity index (χ4n) is 1.13. The summed E-state index contributed by atoms with van der Waals surface area (Å²) < 4.78 is 59.8. The van der Waals surface area contributed by atoms with Gasteiger partial charge in [0.15, 0.2) is 0 Å². The maximum atomic E-state index is 13.4. The molecule has 0 amide bonds. The first kappa shape index (κ1) is 14.8. The van der Waals surface area contributed by atoms with Crippen LogP contribution in [0.5, 0.6) is 0 Å². The van der Waals surface area contributed by atoms with E-state index in [1.54, 1.807) is 0 Å². The number of hydrogen-bond donors (Lipinski definition) is 3. The van der Waals surface area contributed by atoms with Crippen molar-refractivity contribution < 1.29 is 21.2 Å². The molecule has 18 heavy (non-hydrogen) atoms. The third-order valence-corrected chi connectivity index (χ3v) is 4.19. The van der Waals surface area contributed by atoms with Crippen molar-refractivity contribution in [3.63, 3.8) is 0 Å². The van der Waals surface area contributed by atoms with Crippen molar-refractivity contribution in [1.82, 2.24) is 4.72 Å². The highest BCUT2D eigenvalue weighted by Gasteiger charge is 2.19. The minimum atomic E-state index is -4.13. The molecule has 0 atom stereocenters. The quantitative estimate of drug-likeness (QED) is 0.598. The number of sulfonamides is 2. The Kier molecular flexibility index (Phi) is 4.27. The first-order chi connectivity index (χ1) is 8.12. The van der Waals surface area contributed by atoms with Gasteiger partial charge in [-0.1, -0.05) is 0 Å². The zero-order valence-electron chi connectivity index (χ0n) is 9.13. The summed E-state index contributed by atoms with van der Waals surface area (Å²) in [5.74, 6) is -1.60. The smallest absolute Gasteiger partial charge is 0.243 e. The van der Waals surface area contributed by atoms with Crippen LogP contribution in [-0.2, 0) is 20.0 Å². The number of nitrogens with two attached hydrogens (primary N) is 2. The molecule has 10 heteroatoms. The van der Waals surface area contributed by atoms with Gasteiger partial charge in [-0.05, 0) is 18.2 Å². The van der Waals surface area contributed by atoms with E-state index in [2.05, 4.69) is 0 Å². The number of nitrogen functional groups attached to an aromatic ring is 1. The van der Waals surface area contributed by atoms with E-state index in [9.17, 15) is 21.2 Å². The van der Waals surface area contributed by atoms with Gasteiger partial charge in [0.2, 0.25) is 20.0 Å². The molecule has 0 saturated heterocycles. The molecular formula is C8H12FN3O4S2. The molecule has 7 nitrogen and oxygen atoms in total. The van der Waals surface area contributed by atoms with Gasteiger partial charge in [-0.15, -0.1) is 0 Å². The highest BCUT2D eigenvalue weighted by molar-refractivity contribution is 7.90. The van der Waals surface area contributed by atoms with E-state index >= 15 is 0 Å². The maximum absolute atomic E-state index is 13.4. The monoisotopic (exact) mass is 297 g/mol. The van der Waals surface area contributed by atoms with Crippen molar-refractivity contribution in [2.75, 3.05) is 18.0 Å². The van der Waals surface area contributed by atoms with E-state index in [-0.39, 0.29) is 5.69 Å². The normalized spacial score (nSPS) is 12.6. The zero-order chi connectivity index (χ0) is 14.0. The maximum Gasteiger partial charge on any atom is 0.243 e. The Labute approximate surface area is 104 Å². The topological polar surface area (TPSA) is 132 Å². The summed E-state index contributed by atoms with van der Waals surface area (Å²) in [6.45, 7) is -0.440. The number of nitrogens with one attached hydrogen (secondary N) is 1. The molecule has 1 aromatic carbocycles. The van der Waals surface area contributed by atoms with Gasteiger partial charge < -0.3 is 5.73 Å². The summed E-state index contributed by atoms with van der Waals surface area (Å²) in [6.07, 6.45) is 0. The van der Waals surface area contributed by atoms with Gasteiger partial charge in [0.05, 0.1) is 5.75 Å². The molecule has 0 aliphatic carbocycles. The standard InChI is InChI=1S/C8H12FN3O4S2/c9-7-5-6(10)1-2-8(7)18(15,16)12-3-4-17(11,13)14/h1-2,5,12H,3-4,10H2,(H2,11,13,14). The van der Waals surface area contributed by atoms with Crippen LogP contribution in [-0.4, -0.2) is 29.1 Å². The largest absolute Gasteiger partial charge is 0.399 e. The van der Waals surface area contributed by atoms with Gasteiger partial charge in [-0.2, -0.15) is 0 Å². The molecular weight excluding hydrogens is 285 g/mol. The van der Waals surface area contributed by atoms with Crippen molar-refractivity contribution in [2.45, 2.75) is 4.90 Å². The summed E-state index contributed by atoms with van der Waals surface area (Å²) in [4.78, 5) is -0.605. The summed E-state index contributed by atoms with van der Waals surface area (Å²) >= 11 is 0. The highest BCUT2D eigenvalue weighted by atomic mass is 32.2. The van der Waals surface area contributed by atoms with Crippen LogP contribution in [0.25, 0.3) is 0 Å². The molecule has 0 unspecified atom stereocenters. The van der Waals surface area contributed by atoms with Gasteiger partial charge in [-0.25, -0.2) is 31.1 Å². The molecule has 0 heterocycles. The number of rotatable bonds is 5. The van der Waals surface area contributed by atoms with Gasteiger partial charge >= 0.3 is 0 Å². The minimum Gasteiger partial charge on any atom is -0.399 e. The average molecular weight is 297 g/mol. The Hall–Kier alpha value is -1.23. The Morgan fingerprint density at radius 2 is 1.83 bits per heavy atom. The van der Waals surface area contributed by atoms with Crippen molar-refractivity contribution in [3.05, 3.63) is 24.0 Å². The van der Waals surface area contributed by atoms with E-state index in [1.165, 1.54) is 6.07 Å². The van der Waals surface area contributed by atoms with Crippen LogP contribution >= 0.6 is 0 Å². The number of primary sulfonamides is 1. The van der Waals surface area contributed by atoms with E-state index < -0.39 is 43.1 Å². The molecule has 0 bridgehead atoms. The fourth-order valence-corrected chi connectivity index (χ4v) is 2.74. The van der Waals surface area contributed by atoms with Crippen LogP contribution < -0.4 is 15.6 Å². The summed E-state index contributed by atoms with van der Waals surface area (Å²) in [5, 5.41) is 4.70. The second-order valence-electron chi connectivity index (χ2n) is 3.45. The molecule has 0 aromatic heterocycles. The molecule has 0 saturated carbocycles.